The van der Waals surface area contributed by atoms with Gasteiger partial charge in [-0.25, -0.2) is 9.48 Å². The number of halogens is 1. The molecule has 1 heterocycles. The first-order chi connectivity index (χ1) is 10.0. The van der Waals surface area contributed by atoms with Gasteiger partial charge in [-0.3, -0.25) is 4.79 Å². The van der Waals surface area contributed by atoms with Gasteiger partial charge in [-0.15, -0.1) is 0 Å². The van der Waals surface area contributed by atoms with Crippen molar-refractivity contribution in [3.63, 3.8) is 0 Å². The van der Waals surface area contributed by atoms with E-state index in [2.05, 4.69) is 21.0 Å². The van der Waals surface area contributed by atoms with Crippen LogP contribution in [0.15, 0.2) is 45.7 Å². The fourth-order valence-corrected chi connectivity index (χ4v) is 2.10. The first kappa shape index (κ1) is 15.4. The van der Waals surface area contributed by atoms with Crippen molar-refractivity contribution in [2.45, 2.75) is 19.9 Å². The number of benzene rings is 1. The van der Waals surface area contributed by atoms with Gasteiger partial charge in [0.05, 0.1) is 12.3 Å². The molecule has 0 saturated heterocycles. The van der Waals surface area contributed by atoms with Crippen molar-refractivity contribution in [3.8, 4) is 11.3 Å². The molecule has 1 unspecified atom stereocenters. The van der Waals surface area contributed by atoms with E-state index in [1.54, 1.807) is 19.9 Å². The minimum absolute atomic E-state index is 0.268. The van der Waals surface area contributed by atoms with Crippen LogP contribution in [-0.4, -0.2) is 22.4 Å². The predicted octanol–water partition coefficient (Wildman–Crippen LogP) is 2.80. The molecule has 0 aliphatic heterocycles. The molecule has 0 saturated carbocycles. The maximum atomic E-state index is 11.9. The number of hydrogen-bond acceptors (Lipinski definition) is 4. The lowest BCUT2D eigenvalue weighted by molar-refractivity contribution is -0.147. The summed E-state index contributed by atoms with van der Waals surface area (Å²) in [7, 11) is 0. The summed E-state index contributed by atoms with van der Waals surface area (Å²) in [6.45, 7) is 3.58. The Hall–Kier alpha value is -1.95. The van der Waals surface area contributed by atoms with Gasteiger partial charge in [0.25, 0.3) is 5.56 Å². The van der Waals surface area contributed by atoms with Crippen LogP contribution in [0.3, 0.4) is 0 Å². The molecule has 1 aromatic heterocycles. The molecule has 0 aliphatic carbocycles. The summed E-state index contributed by atoms with van der Waals surface area (Å²) in [5, 5.41) is 4.26. The first-order valence-electron chi connectivity index (χ1n) is 6.55. The molecule has 110 valence electrons. The molecule has 0 fully saturated rings. The summed E-state index contributed by atoms with van der Waals surface area (Å²) in [4.78, 5) is 23.7. The molecule has 0 N–H and O–H groups in total. The first-order valence-corrected chi connectivity index (χ1v) is 7.34. The fraction of sp³-hybridized carbons (Fsp3) is 0.267. The van der Waals surface area contributed by atoms with Crippen LogP contribution in [-0.2, 0) is 9.53 Å². The van der Waals surface area contributed by atoms with E-state index < -0.39 is 12.0 Å². The van der Waals surface area contributed by atoms with E-state index in [9.17, 15) is 9.59 Å². The lowest BCUT2D eigenvalue weighted by atomic mass is 10.1. The van der Waals surface area contributed by atoms with Gasteiger partial charge in [0.2, 0.25) is 0 Å². The second-order valence-electron chi connectivity index (χ2n) is 4.44. The van der Waals surface area contributed by atoms with Crippen LogP contribution in [0.5, 0.6) is 0 Å². The summed E-state index contributed by atoms with van der Waals surface area (Å²) in [5.74, 6) is -0.472. The Morgan fingerprint density at radius 1 is 1.29 bits per heavy atom. The molecule has 0 bridgehead atoms. The zero-order valence-electron chi connectivity index (χ0n) is 11.7. The van der Waals surface area contributed by atoms with Gasteiger partial charge in [0, 0.05) is 16.1 Å². The second-order valence-corrected chi connectivity index (χ2v) is 5.35. The lowest BCUT2D eigenvalue weighted by Crippen LogP contribution is -2.31. The number of carbonyl (C=O) groups excluding carboxylic acids is 1. The number of ether oxygens (including phenoxy) is 1. The third-order valence-electron chi connectivity index (χ3n) is 2.96. The third-order valence-corrected chi connectivity index (χ3v) is 3.49. The summed E-state index contributed by atoms with van der Waals surface area (Å²) >= 11 is 3.37. The highest BCUT2D eigenvalue weighted by atomic mass is 79.9. The van der Waals surface area contributed by atoms with Crippen molar-refractivity contribution >= 4 is 21.9 Å². The van der Waals surface area contributed by atoms with Crippen molar-refractivity contribution in [1.82, 2.24) is 9.78 Å². The predicted molar refractivity (Wildman–Crippen MR) is 83.0 cm³/mol. The lowest BCUT2D eigenvalue weighted by Gasteiger charge is -2.13. The number of rotatable bonds is 4. The van der Waals surface area contributed by atoms with Gasteiger partial charge >= 0.3 is 5.97 Å². The highest BCUT2D eigenvalue weighted by molar-refractivity contribution is 9.10. The monoisotopic (exact) mass is 350 g/mol. The van der Waals surface area contributed by atoms with Crippen molar-refractivity contribution in [2.24, 2.45) is 0 Å². The summed E-state index contributed by atoms with van der Waals surface area (Å²) < 4.78 is 7.04. The minimum Gasteiger partial charge on any atom is -0.464 e. The zero-order valence-corrected chi connectivity index (χ0v) is 13.3. The van der Waals surface area contributed by atoms with Crippen molar-refractivity contribution in [1.29, 1.82) is 0 Å². The van der Waals surface area contributed by atoms with E-state index in [1.165, 1.54) is 6.07 Å². The third kappa shape index (κ3) is 3.58. The molecular weight excluding hydrogens is 336 g/mol. The summed E-state index contributed by atoms with van der Waals surface area (Å²) in [6, 6.07) is 9.84. The van der Waals surface area contributed by atoms with E-state index in [-0.39, 0.29) is 12.2 Å². The average Bonchev–Trinajstić information content (AvgIpc) is 2.48. The van der Waals surface area contributed by atoms with E-state index in [0.717, 1.165) is 14.7 Å². The van der Waals surface area contributed by atoms with Crippen LogP contribution in [0, 0.1) is 0 Å². The normalized spacial score (nSPS) is 12.0. The molecule has 6 heteroatoms. The molecule has 1 atom stereocenters. The molecule has 0 spiro atoms. The number of carbonyl (C=O) groups is 1. The largest absolute Gasteiger partial charge is 0.464 e. The van der Waals surface area contributed by atoms with Gasteiger partial charge in [0.1, 0.15) is 0 Å². The highest BCUT2D eigenvalue weighted by Gasteiger charge is 2.18. The maximum Gasteiger partial charge on any atom is 0.330 e. The molecular formula is C15H15BrN2O3. The van der Waals surface area contributed by atoms with Crippen molar-refractivity contribution in [2.75, 3.05) is 6.61 Å². The highest BCUT2D eigenvalue weighted by Crippen LogP contribution is 2.19. The van der Waals surface area contributed by atoms with Gasteiger partial charge in [0.15, 0.2) is 6.04 Å². The van der Waals surface area contributed by atoms with Crippen molar-refractivity contribution < 1.29 is 9.53 Å². The van der Waals surface area contributed by atoms with E-state index in [0.29, 0.717) is 5.69 Å². The van der Waals surface area contributed by atoms with E-state index >= 15 is 0 Å². The Balaban J connectivity index is 2.39. The molecule has 1 aromatic carbocycles. The smallest absolute Gasteiger partial charge is 0.330 e. The Bertz CT molecular complexity index is 695. The molecule has 21 heavy (non-hydrogen) atoms. The van der Waals surface area contributed by atoms with Gasteiger partial charge in [-0.05, 0) is 32.0 Å². The fourth-order valence-electron chi connectivity index (χ4n) is 1.84. The Morgan fingerprint density at radius 3 is 2.57 bits per heavy atom. The topological polar surface area (TPSA) is 61.2 Å². The molecule has 0 aliphatic rings. The van der Waals surface area contributed by atoms with Crippen LogP contribution in [0.4, 0.5) is 0 Å². The Labute approximate surface area is 130 Å². The molecule has 2 rings (SSSR count). The van der Waals surface area contributed by atoms with Crippen LogP contribution >= 0.6 is 15.9 Å². The number of nitrogens with zero attached hydrogens (tertiary/aromatic N) is 2. The second kappa shape index (κ2) is 6.67. The minimum atomic E-state index is -0.757. The average molecular weight is 351 g/mol. The van der Waals surface area contributed by atoms with Crippen molar-refractivity contribution in [3.05, 3.63) is 51.2 Å². The van der Waals surface area contributed by atoms with Gasteiger partial charge in [-0.1, -0.05) is 28.1 Å². The molecule has 0 amide bonds. The van der Waals surface area contributed by atoms with Crippen LogP contribution < -0.4 is 5.56 Å². The maximum absolute atomic E-state index is 11.9. The quantitative estimate of drug-likeness (QED) is 0.795. The summed E-state index contributed by atoms with van der Waals surface area (Å²) in [6.07, 6.45) is 0. The van der Waals surface area contributed by atoms with Crippen LogP contribution in [0.1, 0.15) is 19.9 Å². The number of esters is 1. The molecule has 5 nitrogen and oxygen atoms in total. The van der Waals surface area contributed by atoms with E-state index in [1.807, 2.05) is 24.3 Å². The summed E-state index contributed by atoms with van der Waals surface area (Å²) in [5.41, 5.74) is 1.15. The molecule has 2 aromatic rings. The van der Waals surface area contributed by atoms with Gasteiger partial charge in [-0.2, -0.15) is 5.10 Å². The van der Waals surface area contributed by atoms with E-state index in [4.69, 9.17) is 4.74 Å². The SMILES string of the molecule is CCOC(=O)C(C)n1nc(-c2ccc(Br)cc2)ccc1=O. The Morgan fingerprint density at radius 2 is 1.95 bits per heavy atom. The van der Waals surface area contributed by atoms with Crippen LogP contribution in [0.25, 0.3) is 11.3 Å². The molecule has 0 radical (unpaired) electrons. The standard InChI is InChI=1S/C15H15BrN2O3/c1-3-21-15(20)10(2)18-14(19)9-8-13(17-18)11-4-6-12(16)7-5-11/h4-10H,3H2,1-2H3. The number of hydrogen-bond donors (Lipinski definition) is 0. The van der Waals surface area contributed by atoms with Gasteiger partial charge < -0.3 is 4.74 Å². The van der Waals surface area contributed by atoms with Crippen LogP contribution in [0.2, 0.25) is 0 Å². The number of aromatic nitrogens is 2. The zero-order chi connectivity index (χ0) is 15.4. The Kier molecular flexibility index (Phi) is 4.90.